The average molecular weight is 253 g/mol. The summed E-state index contributed by atoms with van der Waals surface area (Å²) in [6.07, 6.45) is 5.91. The van der Waals surface area contributed by atoms with Crippen LogP contribution in [0.1, 0.15) is 24.9 Å². The van der Waals surface area contributed by atoms with Gasteiger partial charge in [-0.05, 0) is 19.4 Å². The molecule has 0 heterocycles. The summed E-state index contributed by atoms with van der Waals surface area (Å²) in [5.74, 6) is 3.55. The number of terminal acetylenes is 1. The van der Waals surface area contributed by atoms with Crippen molar-refractivity contribution in [2.45, 2.75) is 19.4 Å². The fourth-order valence-electron chi connectivity index (χ4n) is 2.13. The van der Waals surface area contributed by atoms with Crippen LogP contribution in [-0.2, 0) is 0 Å². The molecular formula is C17H19NO. The molecule has 0 spiro atoms. The van der Waals surface area contributed by atoms with Crippen molar-refractivity contribution >= 4 is 10.8 Å². The highest BCUT2D eigenvalue weighted by molar-refractivity contribution is 5.89. The third kappa shape index (κ3) is 2.89. The van der Waals surface area contributed by atoms with Gasteiger partial charge in [0.2, 0.25) is 0 Å². The van der Waals surface area contributed by atoms with Crippen molar-refractivity contribution in [3.8, 4) is 18.1 Å². The Bertz CT molecular complexity index is 598. The molecular weight excluding hydrogens is 234 g/mol. The van der Waals surface area contributed by atoms with E-state index >= 15 is 0 Å². The lowest BCUT2D eigenvalue weighted by Crippen LogP contribution is -2.14. The molecule has 0 aliphatic rings. The Labute approximate surface area is 114 Å². The van der Waals surface area contributed by atoms with E-state index in [1.165, 1.54) is 10.9 Å². The lowest BCUT2D eigenvalue weighted by molar-refractivity contribution is 0.325. The van der Waals surface area contributed by atoms with E-state index in [4.69, 9.17) is 11.2 Å². The maximum absolute atomic E-state index is 5.93. The van der Waals surface area contributed by atoms with E-state index in [1.54, 1.807) is 0 Å². The summed E-state index contributed by atoms with van der Waals surface area (Å²) >= 11 is 0. The first-order valence-corrected chi connectivity index (χ1v) is 6.53. The van der Waals surface area contributed by atoms with Crippen LogP contribution in [0.5, 0.6) is 5.75 Å². The quantitative estimate of drug-likeness (QED) is 0.650. The number of rotatable bonds is 5. The lowest BCUT2D eigenvalue weighted by Gasteiger charge is -2.18. The van der Waals surface area contributed by atoms with E-state index in [0.29, 0.717) is 13.0 Å². The summed E-state index contributed by atoms with van der Waals surface area (Å²) in [7, 11) is 1.95. The summed E-state index contributed by atoms with van der Waals surface area (Å²) < 4.78 is 5.93. The zero-order chi connectivity index (χ0) is 13.7. The molecule has 0 aromatic heterocycles. The van der Waals surface area contributed by atoms with Crippen LogP contribution in [0, 0.1) is 12.3 Å². The zero-order valence-corrected chi connectivity index (χ0v) is 11.4. The number of hydrogen-bond donors (Lipinski definition) is 1. The first-order chi connectivity index (χ1) is 9.27. The van der Waals surface area contributed by atoms with Crippen LogP contribution < -0.4 is 10.1 Å². The van der Waals surface area contributed by atoms with Crippen molar-refractivity contribution in [1.82, 2.24) is 5.32 Å². The zero-order valence-electron chi connectivity index (χ0n) is 11.4. The standard InChI is InChI=1S/C17H19NO/c1-4-5-12-19-17-15(13(2)18-3)11-10-14-8-6-7-9-16(14)17/h1,6-11,13,18H,5,12H2,2-3H3. The topological polar surface area (TPSA) is 21.3 Å². The van der Waals surface area contributed by atoms with Crippen LogP contribution >= 0.6 is 0 Å². The van der Waals surface area contributed by atoms with E-state index in [1.807, 2.05) is 19.2 Å². The summed E-state index contributed by atoms with van der Waals surface area (Å²) in [5, 5.41) is 5.58. The normalized spacial score (nSPS) is 12.1. The Kier molecular flexibility index (Phi) is 4.43. The SMILES string of the molecule is C#CCCOc1c(C(C)NC)ccc2ccccc12. The molecule has 2 aromatic rings. The van der Waals surface area contributed by atoms with Crippen LogP contribution in [0.2, 0.25) is 0 Å². The van der Waals surface area contributed by atoms with Crippen molar-refractivity contribution in [3.05, 3.63) is 42.0 Å². The number of nitrogens with one attached hydrogen (secondary N) is 1. The highest BCUT2D eigenvalue weighted by Gasteiger charge is 2.13. The van der Waals surface area contributed by atoms with Gasteiger partial charge in [0.05, 0.1) is 6.61 Å². The van der Waals surface area contributed by atoms with E-state index in [2.05, 4.69) is 42.4 Å². The average Bonchev–Trinajstić information content (AvgIpc) is 2.46. The molecule has 1 unspecified atom stereocenters. The van der Waals surface area contributed by atoms with Gasteiger partial charge in [0, 0.05) is 23.4 Å². The summed E-state index contributed by atoms with van der Waals surface area (Å²) in [6.45, 7) is 2.67. The largest absolute Gasteiger partial charge is 0.492 e. The minimum absolute atomic E-state index is 0.241. The molecule has 0 saturated carbocycles. The van der Waals surface area contributed by atoms with Crippen LogP contribution in [-0.4, -0.2) is 13.7 Å². The van der Waals surface area contributed by atoms with Crippen molar-refractivity contribution < 1.29 is 4.74 Å². The lowest BCUT2D eigenvalue weighted by atomic mass is 10.0. The molecule has 98 valence electrons. The minimum Gasteiger partial charge on any atom is -0.492 e. The predicted octanol–water partition coefficient (Wildman–Crippen LogP) is 3.52. The highest BCUT2D eigenvalue weighted by atomic mass is 16.5. The Morgan fingerprint density at radius 3 is 2.79 bits per heavy atom. The first kappa shape index (κ1) is 13.5. The van der Waals surface area contributed by atoms with Crippen LogP contribution in [0.3, 0.4) is 0 Å². The van der Waals surface area contributed by atoms with Crippen molar-refractivity contribution in [2.24, 2.45) is 0 Å². The van der Waals surface area contributed by atoms with Crippen molar-refractivity contribution in [1.29, 1.82) is 0 Å². The molecule has 2 nitrogen and oxygen atoms in total. The van der Waals surface area contributed by atoms with Crippen molar-refractivity contribution in [3.63, 3.8) is 0 Å². The molecule has 0 radical (unpaired) electrons. The summed E-state index contributed by atoms with van der Waals surface area (Å²) in [6, 6.07) is 12.7. The molecule has 19 heavy (non-hydrogen) atoms. The maximum Gasteiger partial charge on any atom is 0.131 e. The number of hydrogen-bond acceptors (Lipinski definition) is 2. The van der Waals surface area contributed by atoms with Gasteiger partial charge in [-0.3, -0.25) is 0 Å². The van der Waals surface area contributed by atoms with Crippen molar-refractivity contribution in [2.75, 3.05) is 13.7 Å². The molecule has 2 heteroatoms. The molecule has 0 fully saturated rings. The molecule has 0 aliphatic carbocycles. The second-order valence-electron chi connectivity index (χ2n) is 4.52. The molecule has 0 amide bonds. The van der Waals surface area contributed by atoms with E-state index in [-0.39, 0.29) is 6.04 Å². The predicted molar refractivity (Wildman–Crippen MR) is 80.4 cm³/mol. The molecule has 0 bridgehead atoms. The van der Waals surface area contributed by atoms with Crippen LogP contribution in [0.15, 0.2) is 36.4 Å². The fourth-order valence-corrected chi connectivity index (χ4v) is 2.13. The Morgan fingerprint density at radius 2 is 2.05 bits per heavy atom. The molecule has 2 aromatic carbocycles. The molecule has 0 saturated heterocycles. The summed E-state index contributed by atoms with van der Waals surface area (Å²) in [4.78, 5) is 0. The number of ether oxygens (including phenoxy) is 1. The molecule has 0 aliphatic heterocycles. The van der Waals surface area contributed by atoms with Gasteiger partial charge in [-0.1, -0.05) is 36.4 Å². The fraction of sp³-hybridized carbons (Fsp3) is 0.294. The van der Waals surface area contributed by atoms with Gasteiger partial charge in [0.25, 0.3) is 0 Å². The summed E-state index contributed by atoms with van der Waals surface area (Å²) in [5.41, 5.74) is 1.17. The van der Waals surface area contributed by atoms with Gasteiger partial charge in [-0.25, -0.2) is 0 Å². The second kappa shape index (κ2) is 6.26. The van der Waals surface area contributed by atoms with Gasteiger partial charge >= 0.3 is 0 Å². The minimum atomic E-state index is 0.241. The smallest absolute Gasteiger partial charge is 0.131 e. The number of benzene rings is 2. The Morgan fingerprint density at radius 1 is 1.26 bits per heavy atom. The molecule has 1 atom stereocenters. The van der Waals surface area contributed by atoms with E-state index < -0.39 is 0 Å². The van der Waals surface area contributed by atoms with Gasteiger partial charge < -0.3 is 10.1 Å². The van der Waals surface area contributed by atoms with E-state index in [0.717, 1.165) is 11.1 Å². The first-order valence-electron chi connectivity index (χ1n) is 6.53. The third-order valence-corrected chi connectivity index (χ3v) is 3.30. The molecule has 1 N–H and O–H groups in total. The van der Waals surface area contributed by atoms with Gasteiger partial charge in [-0.15, -0.1) is 12.3 Å². The molecule has 2 rings (SSSR count). The van der Waals surface area contributed by atoms with Gasteiger partial charge in [-0.2, -0.15) is 0 Å². The second-order valence-corrected chi connectivity index (χ2v) is 4.52. The maximum atomic E-state index is 5.93. The Balaban J connectivity index is 2.48. The van der Waals surface area contributed by atoms with Crippen LogP contribution in [0.25, 0.3) is 10.8 Å². The third-order valence-electron chi connectivity index (χ3n) is 3.30. The van der Waals surface area contributed by atoms with E-state index in [9.17, 15) is 0 Å². The van der Waals surface area contributed by atoms with Gasteiger partial charge in [0.15, 0.2) is 0 Å². The van der Waals surface area contributed by atoms with Crippen LogP contribution in [0.4, 0.5) is 0 Å². The monoisotopic (exact) mass is 253 g/mol. The Hall–Kier alpha value is -1.98. The highest BCUT2D eigenvalue weighted by Crippen LogP contribution is 2.33. The number of fused-ring (bicyclic) bond motifs is 1. The van der Waals surface area contributed by atoms with Gasteiger partial charge in [0.1, 0.15) is 5.75 Å².